The number of hydrogen-bond donors (Lipinski definition) is 0. The summed E-state index contributed by atoms with van der Waals surface area (Å²) in [7, 11) is -3.24. The van der Waals surface area contributed by atoms with Gasteiger partial charge in [-0.1, -0.05) is 17.7 Å². The lowest BCUT2D eigenvalue weighted by Gasteiger charge is -2.25. The van der Waals surface area contributed by atoms with Gasteiger partial charge in [-0.15, -0.1) is 0 Å². The van der Waals surface area contributed by atoms with E-state index in [4.69, 9.17) is 4.74 Å². The van der Waals surface area contributed by atoms with Crippen LogP contribution in [0.25, 0.3) is 0 Å². The molecular weight excluding hydrogens is 200 g/mol. The van der Waals surface area contributed by atoms with Crippen LogP contribution in [0.4, 0.5) is 0 Å². The van der Waals surface area contributed by atoms with Gasteiger partial charge in [0.25, 0.3) is 0 Å². The average molecular weight is 212 g/mol. The second-order valence-electron chi connectivity index (χ2n) is 3.45. The lowest BCUT2D eigenvalue weighted by molar-refractivity contribution is 0.00316. The molecule has 0 unspecified atom stereocenters. The fourth-order valence-electron chi connectivity index (χ4n) is 1.34. The normalized spacial score (nSPS) is 21.6. The minimum atomic E-state index is -3.24. The molecule has 1 aliphatic heterocycles. The van der Waals surface area contributed by atoms with E-state index in [1.807, 2.05) is 6.92 Å². The number of benzene rings is 1. The lowest BCUT2D eigenvalue weighted by Crippen LogP contribution is -2.34. The lowest BCUT2D eigenvalue weighted by atomic mass is 10.2. The van der Waals surface area contributed by atoms with Gasteiger partial charge < -0.3 is 4.74 Å². The van der Waals surface area contributed by atoms with Crippen molar-refractivity contribution in [1.82, 2.24) is 0 Å². The van der Waals surface area contributed by atoms with Gasteiger partial charge in [-0.3, -0.25) is 0 Å². The molecule has 0 saturated carbocycles. The van der Waals surface area contributed by atoms with Crippen molar-refractivity contribution in [1.29, 1.82) is 0 Å². The first-order valence-corrected chi connectivity index (χ1v) is 6.07. The summed E-state index contributed by atoms with van der Waals surface area (Å²) in [5.74, 6) is 0. The Bertz CT molecular complexity index is 415. The molecule has 0 amide bonds. The summed E-state index contributed by atoms with van der Waals surface area (Å²) in [6, 6.07) is 6.86. The molecule has 0 N–H and O–H groups in total. The predicted octanol–water partition coefficient (Wildman–Crippen LogP) is 1.52. The third-order valence-electron chi connectivity index (χ3n) is 2.35. The zero-order chi connectivity index (χ0) is 10.2. The second kappa shape index (κ2) is 3.37. The van der Waals surface area contributed by atoms with Crippen LogP contribution in [0.3, 0.4) is 0 Å². The van der Waals surface area contributed by atoms with E-state index in [1.165, 1.54) is 0 Å². The summed E-state index contributed by atoms with van der Waals surface area (Å²) in [5.41, 5.74) is 0.434. The van der Waals surface area contributed by atoms with Crippen LogP contribution in [0.1, 0.15) is 12.0 Å². The third-order valence-corrected chi connectivity index (χ3v) is 4.35. The smallest absolute Gasteiger partial charge is 0.205 e. The molecule has 1 fully saturated rings. The van der Waals surface area contributed by atoms with Gasteiger partial charge in [0.2, 0.25) is 9.84 Å². The van der Waals surface area contributed by atoms with Gasteiger partial charge >= 0.3 is 0 Å². The van der Waals surface area contributed by atoms with Crippen LogP contribution < -0.4 is 0 Å². The molecule has 3 nitrogen and oxygen atoms in total. The highest BCUT2D eigenvalue weighted by molar-refractivity contribution is 7.92. The molecule has 0 aliphatic carbocycles. The van der Waals surface area contributed by atoms with E-state index >= 15 is 0 Å². The van der Waals surface area contributed by atoms with Gasteiger partial charge in [0.05, 0.1) is 11.5 Å². The highest BCUT2D eigenvalue weighted by atomic mass is 32.2. The van der Waals surface area contributed by atoms with Crippen molar-refractivity contribution in [3.8, 4) is 0 Å². The Balaban J connectivity index is 2.34. The van der Waals surface area contributed by atoms with Crippen molar-refractivity contribution in [3.05, 3.63) is 29.8 Å². The maximum atomic E-state index is 11.8. The van der Waals surface area contributed by atoms with Gasteiger partial charge in [-0.2, -0.15) is 0 Å². The van der Waals surface area contributed by atoms with E-state index in [1.54, 1.807) is 24.3 Å². The molecule has 0 spiro atoms. The fourth-order valence-corrected chi connectivity index (χ4v) is 2.84. The molecule has 14 heavy (non-hydrogen) atoms. The molecule has 2 rings (SSSR count). The summed E-state index contributed by atoms with van der Waals surface area (Å²) >= 11 is 0. The Morgan fingerprint density at radius 3 is 2.29 bits per heavy atom. The summed E-state index contributed by atoms with van der Waals surface area (Å²) in [6.45, 7) is 2.48. The molecule has 0 aromatic heterocycles. The van der Waals surface area contributed by atoms with Crippen molar-refractivity contribution in [2.75, 3.05) is 6.61 Å². The minimum absolute atomic E-state index is 0.354. The second-order valence-corrected chi connectivity index (χ2v) is 5.53. The number of rotatable bonds is 2. The molecule has 0 bridgehead atoms. The summed E-state index contributed by atoms with van der Waals surface area (Å²) in [5, 5.41) is 0. The summed E-state index contributed by atoms with van der Waals surface area (Å²) < 4.78 is 28.6. The Kier molecular flexibility index (Phi) is 2.33. The van der Waals surface area contributed by atoms with E-state index < -0.39 is 15.3 Å². The van der Waals surface area contributed by atoms with Crippen molar-refractivity contribution in [2.45, 2.75) is 23.7 Å². The Morgan fingerprint density at radius 2 is 1.86 bits per heavy atom. The van der Waals surface area contributed by atoms with E-state index in [-0.39, 0.29) is 0 Å². The summed E-state index contributed by atoms with van der Waals surface area (Å²) in [4.78, 5) is 0.354. The molecular formula is C10H12O3S. The zero-order valence-electron chi connectivity index (χ0n) is 7.93. The predicted molar refractivity (Wildman–Crippen MR) is 52.7 cm³/mol. The first-order chi connectivity index (χ1) is 6.60. The Labute approximate surface area is 83.6 Å². The first kappa shape index (κ1) is 9.68. The van der Waals surface area contributed by atoms with Crippen LogP contribution in [-0.4, -0.2) is 20.5 Å². The molecule has 1 aromatic rings. The Hall–Kier alpha value is -0.870. The molecule has 1 aromatic carbocycles. The highest BCUT2D eigenvalue weighted by Crippen LogP contribution is 2.25. The quantitative estimate of drug-likeness (QED) is 0.746. The van der Waals surface area contributed by atoms with E-state index in [0.29, 0.717) is 17.9 Å². The van der Waals surface area contributed by atoms with E-state index in [9.17, 15) is 8.42 Å². The van der Waals surface area contributed by atoms with Crippen LogP contribution in [0.2, 0.25) is 0 Å². The van der Waals surface area contributed by atoms with Crippen LogP contribution in [0.5, 0.6) is 0 Å². The number of ether oxygens (including phenoxy) is 1. The molecule has 1 aliphatic rings. The largest absolute Gasteiger partial charge is 0.362 e. The van der Waals surface area contributed by atoms with Crippen molar-refractivity contribution < 1.29 is 13.2 Å². The van der Waals surface area contributed by atoms with E-state index in [2.05, 4.69) is 0 Å². The zero-order valence-corrected chi connectivity index (χ0v) is 8.75. The van der Waals surface area contributed by atoms with Gasteiger partial charge in [0.1, 0.15) is 0 Å². The standard InChI is InChI=1S/C10H12O3S/c1-8-2-4-9(5-3-8)14(11,12)10-6-7-13-10/h2-5,10H,6-7H2,1H3/t10-/m1/s1. The minimum Gasteiger partial charge on any atom is -0.362 e. The van der Waals surface area contributed by atoms with Crippen LogP contribution >= 0.6 is 0 Å². The molecule has 4 heteroatoms. The highest BCUT2D eigenvalue weighted by Gasteiger charge is 2.33. The molecule has 76 valence electrons. The number of sulfone groups is 1. The van der Waals surface area contributed by atoms with Gasteiger partial charge in [-0.05, 0) is 19.1 Å². The third kappa shape index (κ3) is 1.55. The van der Waals surface area contributed by atoms with Crippen LogP contribution in [0.15, 0.2) is 29.2 Å². The molecule has 0 radical (unpaired) electrons. The topological polar surface area (TPSA) is 43.4 Å². The van der Waals surface area contributed by atoms with Gasteiger partial charge in [-0.25, -0.2) is 8.42 Å². The molecule has 1 atom stereocenters. The Morgan fingerprint density at radius 1 is 1.29 bits per heavy atom. The maximum absolute atomic E-state index is 11.8. The molecule has 1 heterocycles. The summed E-state index contributed by atoms with van der Waals surface area (Å²) in [6.07, 6.45) is 0.607. The van der Waals surface area contributed by atoms with Crippen molar-refractivity contribution in [3.63, 3.8) is 0 Å². The monoisotopic (exact) mass is 212 g/mol. The maximum Gasteiger partial charge on any atom is 0.205 e. The van der Waals surface area contributed by atoms with Gasteiger partial charge in [0, 0.05) is 6.42 Å². The fraction of sp³-hybridized carbons (Fsp3) is 0.400. The first-order valence-electron chi connectivity index (χ1n) is 4.53. The van der Waals surface area contributed by atoms with Crippen molar-refractivity contribution >= 4 is 9.84 Å². The number of aryl methyl sites for hydroxylation is 1. The van der Waals surface area contributed by atoms with Crippen molar-refractivity contribution in [2.24, 2.45) is 0 Å². The number of hydrogen-bond acceptors (Lipinski definition) is 3. The van der Waals surface area contributed by atoms with Crippen LogP contribution in [0, 0.1) is 6.92 Å². The average Bonchev–Trinajstić information content (AvgIpc) is 2.00. The molecule has 1 saturated heterocycles. The SMILES string of the molecule is Cc1ccc(S(=O)(=O)[C@@H]2CCO2)cc1. The van der Waals surface area contributed by atoms with Gasteiger partial charge in [0.15, 0.2) is 5.44 Å². The van der Waals surface area contributed by atoms with Crippen LogP contribution in [-0.2, 0) is 14.6 Å². The van der Waals surface area contributed by atoms with E-state index in [0.717, 1.165) is 5.56 Å².